The first-order valence-corrected chi connectivity index (χ1v) is 14.2. The minimum Gasteiger partial charge on any atom is -0.509 e. The third kappa shape index (κ3) is 5.36. The summed E-state index contributed by atoms with van der Waals surface area (Å²) >= 11 is 0. The predicted octanol–water partition coefficient (Wildman–Crippen LogP) is 6.93. The van der Waals surface area contributed by atoms with E-state index < -0.39 is 8.56 Å². The average molecular weight is 485 g/mol. The van der Waals surface area contributed by atoms with E-state index >= 15 is 0 Å². The molecule has 1 atom stereocenters. The Kier molecular flexibility index (Phi) is 7.78. The van der Waals surface area contributed by atoms with Crippen LogP contribution in [0.15, 0.2) is 97.1 Å². The lowest BCUT2D eigenvalue weighted by Crippen LogP contribution is -2.59. The predicted molar refractivity (Wildman–Crippen MR) is 144 cm³/mol. The SMILES string of the molecule is CCCc1cccc(O[Si](CCC)(Oc2ccccc2)c2ccccc2O)c1-c1ccccc1O. The van der Waals surface area contributed by atoms with E-state index in [-0.39, 0.29) is 11.5 Å². The first-order chi connectivity index (χ1) is 17.1. The molecule has 0 spiro atoms. The largest absolute Gasteiger partial charge is 0.509 e. The van der Waals surface area contributed by atoms with Crippen molar-refractivity contribution in [3.05, 3.63) is 103 Å². The highest BCUT2D eigenvalue weighted by Gasteiger charge is 2.46. The van der Waals surface area contributed by atoms with E-state index in [0.29, 0.717) is 22.7 Å². The molecule has 1 unspecified atom stereocenters. The summed E-state index contributed by atoms with van der Waals surface area (Å²) in [5, 5.41) is 22.4. The zero-order valence-corrected chi connectivity index (χ0v) is 21.3. The number of aromatic hydroxyl groups is 2. The van der Waals surface area contributed by atoms with Crippen LogP contribution in [0.1, 0.15) is 32.3 Å². The van der Waals surface area contributed by atoms with Crippen LogP contribution < -0.4 is 14.0 Å². The number of hydrogen-bond donors (Lipinski definition) is 2. The molecule has 4 nitrogen and oxygen atoms in total. The molecule has 2 N–H and O–H groups in total. The van der Waals surface area contributed by atoms with Gasteiger partial charge in [-0.25, -0.2) is 0 Å². The normalized spacial score (nSPS) is 12.6. The van der Waals surface area contributed by atoms with E-state index in [1.165, 1.54) is 0 Å². The van der Waals surface area contributed by atoms with Crippen molar-refractivity contribution in [3.63, 3.8) is 0 Å². The maximum absolute atomic E-state index is 10.9. The maximum atomic E-state index is 10.9. The van der Waals surface area contributed by atoms with E-state index in [1.807, 2.05) is 78.9 Å². The van der Waals surface area contributed by atoms with Gasteiger partial charge in [-0.1, -0.05) is 93.4 Å². The van der Waals surface area contributed by atoms with Crippen molar-refractivity contribution in [2.24, 2.45) is 0 Å². The quantitative estimate of drug-likeness (QED) is 0.240. The molecule has 4 aromatic rings. The number of benzene rings is 4. The van der Waals surface area contributed by atoms with Crippen LogP contribution in [0.2, 0.25) is 6.04 Å². The average Bonchev–Trinajstić information content (AvgIpc) is 2.86. The van der Waals surface area contributed by atoms with Crippen molar-refractivity contribution in [2.75, 3.05) is 0 Å². The van der Waals surface area contributed by atoms with Gasteiger partial charge in [0.25, 0.3) is 0 Å². The molecule has 4 aromatic carbocycles. The minimum absolute atomic E-state index is 0.164. The lowest BCUT2D eigenvalue weighted by atomic mass is 9.95. The molecule has 180 valence electrons. The van der Waals surface area contributed by atoms with Crippen LogP contribution in [0.25, 0.3) is 11.1 Å². The van der Waals surface area contributed by atoms with Crippen LogP contribution in [0.4, 0.5) is 0 Å². The molecule has 0 heterocycles. The number of phenolic OH excluding ortho intramolecular Hbond substituents is 2. The fraction of sp³-hybridized carbons (Fsp3) is 0.200. The second kappa shape index (κ2) is 11.1. The van der Waals surface area contributed by atoms with E-state index in [1.54, 1.807) is 12.1 Å². The van der Waals surface area contributed by atoms with Gasteiger partial charge in [0.1, 0.15) is 23.0 Å². The molecule has 0 bridgehead atoms. The number of aryl methyl sites for hydroxylation is 1. The maximum Gasteiger partial charge on any atom is 0.499 e. The Hall–Kier alpha value is -3.70. The van der Waals surface area contributed by atoms with Gasteiger partial charge in [-0.3, -0.25) is 0 Å². The van der Waals surface area contributed by atoms with Crippen molar-refractivity contribution in [2.45, 2.75) is 39.2 Å². The highest BCUT2D eigenvalue weighted by Crippen LogP contribution is 2.41. The minimum atomic E-state index is -3.26. The standard InChI is InChI=1S/C30H32O4Si/c1-3-13-23-14-12-20-28(30(23)25-17-8-9-18-26(25)31)34-35(22-4-2,29-21-11-10-19-27(29)32)33-24-15-6-5-7-16-24/h5-12,14-21,31-32H,3-4,13,22H2,1-2H3. The molecule has 0 fully saturated rings. The van der Waals surface area contributed by atoms with Crippen molar-refractivity contribution < 1.29 is 19.1 Å². The Labute approximate surface area is 208 Å². The first kappa shape index (κ1) is 24.4. The van der Waals surface area contributed by atoms with Gasteiger partial charge >= 0.3 is 8.56 Å². The first-order valence-electron chi connectivity index (χ1n) is 12.2. The van der Waals surface area contributed by atoms with E-state index in [2.05, 4.69) is 19.9 Å². The highest BCUT2D eigenvalue weighted by molar-refractivity contribution is 6.83. The summed E-state index contributed by atoms with van der Waals surface area (Å²) in [6.45, 7) is 4.23. The van der Waals surface area contributed by atoms with Gasteiger partial charge in [-0.15, -0.1) is 0 Å². The summed E-state index contributed by atoms with van der Waals surface area (Å²) in [5.41, 5.74) is 2.69. The van der Waals surface area contributed by atoms with Gasteiger partial charge in [0, 0.05) is 17.2 Å². The summed E-state index contributed by atoms with van der Waals surface area (Å²) in [4.78, 5) is 0. The third-order valence-corrected chi connectivity index (χ3v) is 9.52. The number of hydrogen-bond acceptors (Lipinski definition) is 4. The summed E-state index contributed by atoms with van der Waals surface area (Å²) < 4.78 is 13.7. The van der Waals surface area contributed by atoms with Crippen molar-refractivity contribution >= 4 is 13.7 Å². The van der Waals surface area contributed by atoms with Crippen LogP contribution in [0.3, 0.4) is 0 Å². The highest BCUT2D eigenvalue weighted by atomic mass is 28.4. The molecule has 0 saturated heterocycles. The van der Waals surface area contributed by atoms with Crippen LogP contribution in [-0.2, 0) is 6.42 Å². The smallest absolute Gasteiger partial charge is 0.499 e. The monoisotopic (exact) mass is 484 g/mol. The summed E-state index contributed by atoms with van der Waals surface area (Å²) in [6, 6.07) is 30.9. The van der Waals surface area contributed by atoms with Crippen LogP contribution in [0.5, 0.6) is 23.0 Å². The van der Waals surface area contributed by atoms with Crippen LogP contribution in [0, 0.1) is 0 Å². The summed E-state index contributed by atoms with van der Waals surface area (Å²) in [7, 11) is -3.26. The number of phenols is 2. The second-order valence-corrected chi connectivity index (χ2v) is 11.5. The van der Waals surface area contributed by atoms with Crippen molar-refractivity contribution in [1.29, 1.82) is 0 Å². The van der Waals surface area contributed by atoms with Crippen molar-refractivity contribution in [1.82, 2.24) is 0 Å². The second-order valence-electron chi connectivity index (χ2n) is 8.59. The Bertz CT molecular complexity index is 1260. The van der Waals surface area contributed by atoms with Gasteiger partial charge in [0.15, 0.2) is 0 Å². The molecule has 0 aliphatic heterocycles. The van der Waals surface area contributed by atoms with Gasteiger partial charge in [-0.05, 0) is 42.3 Å². The van der Waals surface area contributed by atoms with Gasteiger partial charge in [0.05, 0.1) is 5.19 Å². The zero-order chi connectivity index (χ0) is 24.7. The molecule has 0 saturated carbocycles. The molecular weight excluding hydrogens is 452 g/mol. The summed E-state index contributed by atoms with van der Waals surface area (Å²) in [5.74, 6) is 1.72. The van der Waals surface area contributed by atoms with Gasteiger partial charge < -0.3 is 19.1 Å². The lowest BCUT2D eigenvalue weighted by Gasteiger charge is -2.33. The van der Waals surface area contributed by atoms with Crippen LogP contribution in [-0.4, -0.2) is 18.8 Å². The Morgan fingerprint density at radius 1 is 0.657 bits per heavy atom. The number of rotatable bonds is 10. The number of para-hydroxylation sites is 3. The fourth-order valence-corrected chi connectivity index (χ4v) is 7.74. The van der Waals surface area contributed by atoms with E-state index in [0.717, 1.165) is 36.0 Å². The van der Waals surface area contributed by atoms with Crippen LogP contribution >= 0.6 is 0 Å². The Morgan fingerprint density at radius 3 is 2.03 bits per heavy atom. The summed E-state index contributed by atoms with van der Waals surface area (Å²) in [6.07, 6.45) is 2.62. The third-order valence-electron chi connectivity index (χ3n) is 6.00. The molecule has 0 amide bonds. The lowest BCUT2D eigenvalue weighted by molar-refractivity contribution is 0.392. The van der Waals surface area contributed by atoms with Crippen molar-refractivity contribution in [3.8, 4) is 34.1 Å². The Morgan fingerprint density at radius 2 is 1.34 bits per heavy atom. The van der Waals surface area contributed by atoms with E-state index in [9.17, 15) is 10.2 Å². The van der Waals surface area contributed by atoms with Gasteiger partial charge in [0.2, 0.25) is 0 Å². The fourth-order valence-electron chi connectivity index (χ4n) is 4.48. The molecular formula is C30H32O4Si. The molecule has 0 aliphatic carbocycles. The Balaban J connectivity index is 1.93. The molecule has 0 radical (unpaired) electrons. The zero-order valence-electron chi connectivity index (χ0n) is 20.3. The molecule has 5 heteroatoms. The molecule has 0 aliphatic rings. The topological polar surface area (TPSA) is 58.9 Å². The molecule has 4 rings (SSSR count). The molecule has 35 heavy (non-hydrogen) atoms. The molecule has 0 aromatic heterocycles. The van der Waals surface area contributed by atoms with Gasteiger partial charge in [-0.2, -0.15) is 0 Å². The van der Waals surface area contributed by atoms with E-state index in [4.69, 9.17) is 8.85 Å².